The molecule has 0 fully saturated rings. The van der Waals surface area contributed by atoms with Crippen LogP contribution in [0.3, 0.4) is 0 Å². The average molecular weight is 769 g/mol. The van der Waals surface area contributed by atoms with Gasteiger partial charge in [-0.3, -0.25) is 0 Å². The van der Waals surface area contributed by atoms with E-state index in [0.29, 0.717) is 5.82 Å². The second kappa shape index (κ2) is 12.8. The van der Waals surface area contributed by atoms with Crippen LogP contribution in [0.1, 0.15) is 48.6 Å². The van der Waals surface area contributed by atoms with Crippen molar-refractivity contribution in [3.8, 4) is 67.3 Å². The number of benzene rings is 8. The molecule has 284 valence electrons. The fourth-order valence-electron chi connectivity index (χ4n) is 10.2. The van der Waals surface area contributed by atoms with E-state index in [1.165, 1.54) is 50.1 Å². The molecule has 3 nitrogen and oxygen atoms in total. The molecule has 2 heterocycles. The minimum Gasteiger partial charge on any atom is -0.456 e. The molecule has 0 saturated heterocycles. The lowest BCUT2D eigenvalue weighted by Gasteiger charge is -2.28. The number of nitrogens with zero attached hydrogens (tertiary/aromatic N) is 2. The molecule has 60 heavy (non-hydrogen) atoms. The van der Waals surface area contributed by atoms with Crippen LogP contribution in [0.2, 0.25) is 0 Å². The van der Waals surface area contributed by atoms with Gasteiger partial charge in [0.05, 0.1) is 11.4 Å². The SMILES string of the molecule is CC1(C)c2ccccc2-c2cc(-c3nc(-c4ccc(-c5ccc6oc7ccccc7c6c5)cc4)cc(-c4ccc5c(c4)C(C)(c4ccccc4)c4ccccc4-5)n3)ccc21. The summed E-state index contributed by atoms with van der Waals surface area (Å²) in [5.74, 6) is 0.712. The third kappa shape index (κ3) is 5.09. The van der Waals surface area contributed by atoms with E-state index >= 15 is 0 Å². The van der Waals surface area contributed by atoms with E-state index in [9.17, 15) is 0 Å². The topological polar surface area (TPSA) is 38.9 Å². The molecule has 0 spiro atoms. The zero-order valence-electron chi connectivity index (χ0n) is 33.7. The van der Waals surface area contributed by atoms with Crippen LogP contribution in [0.5, 0.6) is 0 Å². The highest BCUT2D eigenvalue weighted by Gasteiger charge is 2.41. The highest BCUT2D eigenvalue weighted by Crippen LogP contribution is 2.53. The summed E-state index contributed by atoms with van der Waals surface area (Å²) in [6.07, 6.45) is 0. The van der Waals surface area contributed by atoms with Crippen molar-refractivity contribution >= 4 is 21.9 Å². The van der Waals surface area contributed by atoms with E-state index in [0.717, 1.165) is 61.1 Å². The third-order valence-corrected chi connectivity index (χ3v) is 13.4. The van der Waals surface area contributed by atoms with Gasteiger partial charge in [-0.15, -0.1) is 0 Å². The van der Waals surface area contributed by atoms with E-state index in [1.807, 2.05) is 12.1 Å². The largest absolute Gasteiger partial charge is 0.456 e. The molecule has 10 aromatic rings. The molecule has 0 aliphatic heterocycles. The first-order valence-corrected chi connectivity index (χ1v) is 20.8. The van der Waals surface area contributed by atoms with E-state index < -0.39 is 0 Å². The van der Waals surface area contributed by atoms with Crippen molar-refractivity contribution in [3.63, 3.8) is 0 Å². The molecular formula is C57H40N2O. The van der Waals surface area contributed by atoms with Crippen LogP contribution in [0.25, 0.3) is 89.2 Å². The molecular weight excluding hydrogens is 729 g/mol. The Morgan fingerprint density at radius 1 is 0.367 bits per heavy atom. The van der Waals surface area contributed by atoms with Gasteiger partial charge in [0.2, 0.25) is 0 Å². The summed E-state index contributed by atoms with van der Waals surface area (Å²) in [6.45, 7) is 7.01. The van der Waals surface area contributed by atoms with Crippen molar-refractivity contribution < 1.29 is 4.42 Å². The van der Waals surface area contributed by atoms with E-state index in [-0.39, 0.29) is 10.8 Å². The van der Waals surface area contributed by atoms with E-state index in [2.05, 4.69) is 197 Å². The molecule has 1 unspecified atom stereocenters. The molecule has 0 bridgehead atoms. The number of aromatic nitrogens is 2. The van der Waals surface area contributed by atoms with Crippen molar-refractivity contribution in [2.75, 3.05) is 0 Å². The maximum atomic E-state index is 6.13. The van der Waals surface area contributed by atoms with Crippen LogP contribution in [-0.2, 0) is 10.8 Å². The van der Waals surface area contributed by atoms with Gasteiger partial charge in [0, 0.05) is 38.3 Å². The highest BCUT2D eigenvalue weighted by atomic mass is 16.3. The van der Waals surface area contributed by atoms with Crippen LogP contribution < -0.4 is 0 Å². The predicted molar refractivity (Wildman–Crippen MR) is 246 cm³/mol. The molecule has 3 heteroatoms. The van der Waals surface area contributed by atoms with Gasteiger partial charge in [0.1, 0.15) is 11.2 Å². The standard InChI is InChI=1S/C57H40N2O/c1-56(2)47-18-10-7-16-42(47)45-32-39(26-29-48(45)56)55-58-51(36-23-21-35(22-24-36)37-27-30-54-46(31-37)44-17-9-12-20-53(44)60-54)34-52(59-55)38-25-28-43-41-15-8-11-19-49(41)57(3,50(43)33-38)40-13-5-4-6-14-40/h4-34H,1-3H3. The first kappa shape index (κ1) is 34.7. The van der Waals surface area contributed by atoms with Crippen LogP contribution in [0.4, 0.5) is 0 Å². The predicted octanol–water partition coefficient (Wildman–Crippen LogP) is 14.7. The van der Waals surface area contributed by atoms with Gasteiger partial charge in [-0.2, -0.15) is 0 Å². The molecule has 0 radical (unpaired) electrons. The molecule has 12 rings (SSSR count). The Balaban J connectivity index is 1.01. The van der Waals surface area contributed by atoms with Crippen molar-refractivity contribution in [1.82, 2.24) is 9.97 Å². The van der Waals surface area contributed by atoms with Gasteiger partial charge >= 0.3 is 0 Å². The second-order valence-electron chi connectivity index (χ2n) is 17.1. The number of rotatable bonds is 5. The van der Waals surface area contributed by atoms with Gasteiger partial charge < -0.3 is 4.42 Å². The summed E-state index contributed by atoms with van der Waals surface area (Å²) >= 11 is 0. The summed E-state index contributed by atoms with van der Waals surface area (Å²) in [4.78, 5) is 10.8. The zero-order valence-corrected chi connectivity index (χ0v) is 33.7. The Bertz CT molecular complexity index is 3360. The maximum Gasteiger partial charge on any atom is 0.160 e. The summed E-state index contributed by atoms with van der Waals surface area (Å²) < 4.78 is 6.13. The summed E-state index contributed by atoms with van der Waals surface area (Å²) in [7, 11) is 0. The summed E-state index contributed by atoms with van der Waals surface area (Å²) in [5, 5.41) is 2.25. The summed E-state index contributed by atoms with van der Waals surface area (Å²) in [6, 6.07) is 67.9. The minimum atomic E-state index is -0.316. The average Bonchev–Trinajstić information content (AvgIpc) is 3.89. The van der Waals surface area contributed by atoms with Crippen molar-refractivity contribution in [2.24, 2.45) is 0 Å². The van der Waals surface area contributed by atoms with Crippen molar-refractivity contribution in [2.45, 2.75) is 31.6 Å². The Morgan fingerprint density at radius 3 is 1.77 bits per heavy atom. The lowest BCUT2D eigenvalue weighted by Crippen LogP contribution is -2.22. The fourth-order valence-corrected chi connectivity index (χ4v) is 10.2. The molecule has 0 saturated carbocycles. The van der Waals surface area contributed by atoms with Gasteiger partial charge in [-0.25, -0.2) is 9.97 Å². The van der Waals surface area contributed by atoms with Gasteiger partial charge in [-0.05, 0) is 105 Å². The molecule has 2 aliphatic rings. The zero-order chi connectivity index (χ0) is 40.2. The first-order valence-electron chi connectivity index (χ1n) is 20.8. The van der Waals surface area contributed by atoms with Gasteiger partial charge in [0.25, 0.3) is 0 Å². The normalized spacial score (nSPS) is 15.8. The Hall–Kier alpha value is -7.36. The summed E-state index contributed by atoms with van der Waals surface area (Å²) in [5.41, 5.74) is 20.3. The third-order valence-electron chi connectivity index (χ3n) is 13.4. The van der Waals surface area contributed by atoms with Crippen LogP contribution in [0.15, 0.2) is 192 Å². The molecule has 8 aromatic carbocycles. The Kier molecular flexibility index (Phi) is 7.40. The first-order chi connectivity index (χ1) is 29.3. The van der Waals surface area contributed by atoms with E-state index in [1.54, 1.807) is 0 Å². The number of fused-ring (bicyclic) bond motifs is 9. The smallest absolute Gasteiger partial charge is 0.160 e. The lowest BCUT2D eigenvalue weighted by atomic mass is 9.74. The molecule has 0 amide bonds. The van der Waals surface area contributed by atoms with Crippen LogP contribution in [-0.4, -0.2) is 9.97 Å². The minimum absolute atomic E-state index is 0.0806. The molecule has 0 N–H and O–H groups in total. The fraction of sp³-hybridized carbons (Fsp3) is 0.0877. The number of para-hydroxylation sites is 1. The maximum absolute atomic E-state index is 6.13. The highest BCUT2D eigenvalue weighted by molar-refractivity contribution is 6.06. The quantitative estimate of drug-likeness (QED) is 0.175. The van der Waals surface area contributed by atoms with Crippen molar-refractivity contribution in [3.05, 3.63) is 216 Å². The molecule has 1 atom stereocenters. The number of hydrogen-bond acceptors (Lipinski definition) is 3. The molecule has 2 aliphatic carbocycles. The van der Waals surface area contributed by atoms with Gasteiger partial charge in [0.15, 0.2) is 5.82 Å². The van der Waals surface area contributed by atoms with Gasteiger partial charge in [-0.1, -0.05) is 166 Å². The lowest BCUT2D eigenvalue weighted by molar-refractivity contribution is 0.660. The number of hydrogen-bond donors (Lipinski definition) is 0. The molecule has 2 aromatic heterocycles. The van der Waals surface area contributed by atoms with Crippen LogP contribution in [0, 0.1) is 0 Å². The second-order valence-corrected chi connectivity index (χ2v) is 17.1. The Morgan fingerprint density at radius 2 is 0.950 bits per heavy atom. The Labute approximate surface area is 349 Å². The van der Waals surface area contributed by atoms with Crippen LogP contribution >= 0.6 is 0 Å². The number of furan rings is 1. The van der Waals surface area contributed by atoms with Crippen molar-refractivity contribution in [1.29, 1.82) is 0 Å². The van der Waals surface area contributed by atoms with E-state index in [4.69, 9.17) is 14.4 Å². The monoisotopic (exact) mass is 768 g/mol.